The fourth-order valence-electron chi connectivity index (χ4n) is 3.22. The van der Waals surface area contributed by atoms with Crippen molar-refractivity contribution in [1.29, 1.82) is 0 Å². The Morgan fingerprint density at radius 3 is 0.839 bits per heavy atom. The molecule has 0 aliphatic carbocycles. The Balaban J connectivity index is 2.56. The van der Waals surface area contributed by atoms with Crippen molar-refractivity contribution in [2.75, 3.05) is 0 Å². The summed E-state index contributed by atoms with van der Waals surface area (Å²) in [6.07, 6.45) is 0. The first-order chi connectivity index (χ1) is 13.9. The molecule has 168 valence electrons. The van der Waals surface area contributed by atoms with E-state index in [1.165, 1.54) is 22.3 Å². The molecule has 0 amide bonds. The minimum Gasteiger partial charge on any atom is -0.188 e. The van der Waals surface area contributed by atoms with Crippen molar-refractivity contribution in [3.05, 3.63) is 58.7 Å². The van der Waals surface area contributed by atoms with Gasteiger partial charge in [0.2, 0.25) is 0 Å². The minimum atomic E-state index is 0.0608. The van der Waals surface area contributed by atoms with Crippen LogP contribution in [0.4, 0.5) is 11.4 Å². The largest absolute Gasteiger partial charge is 0.188 e. The number of hydrogen-bond acceptors (Lipinski definition) is 2. The van der Waals surface area contributed by atoms with Gasteiger partial charge in [0.1, 0.15) is 6.01 Å². The summed E-state index contributed by atoms with van der Waals surface area (Å²) < 4.78 is 0. The van der Waals surface area contributed by atoms with Gasteiger partial charge in [-0.15, -0.1) is 0 Å². The van der Waals surface area contributed by atoms with Gasteiger partial charge in [0.25, 0.3) is 0 Å². The number of benzene rings is 2. The van der Waals surface area contributed by atoms with Gasteiger partial charge < -0.3 is 0 Å². The van der Waals surface area contributed by atoms with Gasteiger partial charge in [0, 0.05) is 0 Å². The Bertz CT molecular complexity index is 847. The van der Waals surface area contributed by atoms with Crippen molar-refractivity contribution in [2.24, 2.45) is 9.98 Å². The molecule has 0 saturated heterocycles. The highest BCUT2D eigenvalue weighted by Gasteiger charge is 2.21. The average molecular weight is 419 g/mol. The zero-order chi connectivity index (χ0) is 23.8. The van der Waals surface area contributed by atoms with Crippen molar-refractivity contribution >= 4 is 17.4 Å². The van der Waals surface area contributed by atoms with Crippen molar-refractivity contribution < 1.29 is 0 Å². The van der Waals surface area contributed by atoms with Gasteiger partial charge in [-0.1, -0.05) is 95.2 Å². The third-order valence-electron chi connectivity index (χ3n) is 5.66. The van der Waals surface area contributed by atoms with Crippen molar-refractivity contribution in [3.8, 4) is 0 Å². The van der Waals surface area contributed by atoms with Crippen LogP contribution in [-0.2, 0) is 21.7 Å². The molecule has 0 N–H and O–H groups in total. The maximum atomic E-state index is 4.62. The van der Waals surface area contributed by atoms with E-state index in [0.29, 0.717) is 0 Å². The lowest BCUT2D eigenvalue weighted by Crippen LogP contribution is -2.16. The Morgan fingerprint density at radius 2 is 0.645 bits per heavy atom. The van der Waals surface area contributed by atoms with Crippen LogP contribution in [0.3, 0.4) is 0 Å². The molecule has 0 heterocycles. The van der Waals surface area contributed by atoms with Gasteiger partial charge in [-0.05, 0) is 68.2 Å². The highest BCUT2D eigenvalue weighted by Crippen LogP contribution is 2.34. The fraction of sp³-hybridized carbons (Fsp3) is 0.552. The number of rotatable bonds is 2. The molecular weight excluding hydrogens is 376 g/mol. The molecule has 0 spiro atoms. The molecule has 0 radical (unpaired) electrons. The Labute approximate surface area is 190 Å². The predicted octanol–water partition coefficient (Wildman–Crippen LogP) is 9.01. The molecule has 0 atom stereocenters. The van der Waals surface area contributed by atoms with Crippen molar-refractivity contribution in [2.45, 2.75) is 105 Å². The smallest absolute Gasteiger partial charge is 0.100 e. The van der Waals surface area contributed by atoms with Crippen LogP contribution in [0.2, 0.25) is 0 Å². The van der Waals surface area contributed by atoms with E-state index in [-0.39, 0.29) is 21.7 Å². The molecule has 0 aliphatic rings. The maximum absolute atomic E-state index is 4.62. The summed E-state index contributed by atoms with van der Waals surface area (Å²) >= 11 is 0. The third kappa shape index (κ3) is 6.91. The normalized spacial score (nSPS) is 13.0. The molecule has 2 aromatic rings. The molecule has 2 aromatic carbocycles. The minimum absolute atomic E-state index is 0.0608. The molecule has 0 saturated carbocycles. The van der Waals surface area contributed by atoms with Gasteiger partial charge in [-0.25, -0.2) is 0 Å². The molecule has 0 aliphatic heterocycles. The summed E-state index contributed by atoms with van der Waals surface area (Å²) in [4.78, 5) is 9.23. The summed E-state index contributed by atoms with van der Waals surface area (Å²) in [6.45, 7) is 26.9. The first-order valence-electron chi connectivity index (χ1n) is 11.4. The second-order valence-electron chi connectivity index (χ2n) is 12.9. The molecule has 0 fully saturated rings. The predicted molar refractivity (Wildman–Crippen MR) is 137 cm³/mol. The highest BCUT2D eigenvalue weighted by molar-refractivity contribution is 5.61. The Morgan fingerprint density at radius 1 is 0.419 bits per heavy atom. The zero-order valence-electron chi connectivity index (χ0n) is 21.9. The summed E-state index contributed by atoms with van der Waals surface area (Å²) in [5, 5.41) is 0. The topological polar surface area (TPSA) is 24.7 Å². The molecule has 31 heavy (non-hydrogen) atoms. The van der Waals surface area contributed by atoms with E-state index < -0.39 is 0 Å². The van der Waals surface area contributed by atoms with Crippen molar-refractivity contribution in [1.82, 2.24) is 0 Å². The van der Waals surface area contributed by atoms with Crippen LogP contribution in [0, 0.1) is 0 Å². The van der Waals surface area contributed by atoms with Crippen LogP contribution in [0.15, 0.2) is 46.4 Å². The molecule has 0 unspecified atom stereocenters. The summed E-state index contributed by atoms with van der Waals surface area (Å²) in [6, 6.07) is 16.2. The first kappa shape index (κ1) is 25.1. The Hall–Kier alpha value is -2.18. The summed E-state index contributed by atoms with van der Waals surface area (Å²) in [5.41, 5.74) is 7.19. The fourth-order valence-corrected chi connectivity index (χ4v) is 3.22. The molecule has 2 rings (SSSR count). The van der Waals surface area contributed by atoms with E-state index in [0.717, 1.165) is 11.4 Å². The number of hydrogen-bond donors (Lipinski definition) is 0. The standard InChI is InChI=1S/C29H42N2/c1-26(2,3)20-13-21(27(4,5)6)16-24(15-20)30-19-31-25-17-22(28(7,8)9)14-23(18-25)29(10,11)12/h13-18H,1-12H3. The average Bonchev–Trinajstić information content (AvgIpc) is 2.58. The lowest BCUT2D eigenvalue weighted by atomic mass is 9.80. The quantitative estimate of drug-likeness (QED) is 0.435. The molecule has 0 bridgehead atoms. The van der Waals surface area contributed by atoms with Gasteiger partial charge >= 0.3 is 0 Å². The summed E-state index contributed by atoms with van der Waals surface area (Å²) in [7, 11) is 0. The number of aliphatic imine (C=N–C) groups is 2. The van der Waals surface area contributed by atoms with E-state index >= 15 is 0 Å². The van der Waals surface area contributed by atoms with Crippen LogP contribution in [0.5, 0.6) is 0 Å². The van der Waals surface area contributed by atoms with Crippen LogP contribution < -0.4 is 0 Å². The molecule has 2 heteroatoms. The second-order valence-corrected chi connectivity index (χ2v) is 12.9. The van der Waals surface area contributed by atoms with E-state index in [1.54, 1.807) is 0 Å². The van der Waals surface area contributed by atoms with Gasteiger partial charge in [-0.2, -0.15) is 9.98 Å². The van der Waals surface area contributed by atoms with E-state index in [2.05, 4.69) is 135 Å². The van der Waals surface area contributed by atoms with Crippen LogP contribution in [-0.4, -0.2) is 6.01 Å². The van der Waals surface area contributed by atoms with Crippen LogP contribution >= 0.6 is 0 Å². The van der Waals surface area contributed by atoms with Gasteiger partial charge in [0.05, 0.1) is 11.4 Å². The zero-order valence-corrected chi connectivity index (χ0v) is 21.9. The lowest BCUT2D eigenvalue weighted by molar-refractivity contribution is 0.568. The Kier molecular flexibility index (Phi) is 6.79. The van der Waals surface area contributed by atoms with E-state index in [4.69, 9.17) is 0 Å². The molecular formula is C29H42N2. The molecule has 2 nitrogen and oxygen atoms in total. The summed E-state index contributed by atoms with van der Waals surface area (Å²) in [5.74, 6) is 0. The second kappa shape index (κ2) is 8.40. The maximum Gasteiger partial charge on any atom is 0.100 e. The monoisotopic (exact) mass is 418 g/mol. The number of nitrogens with zero attached hydrogens (tertiary/aromatic N) is 2. The van der Waals surface area contributed by atoms with Gasteiger partial charge in [0.15, 0.2) is 0 Å². The highest BCUT2D eigenvalue weighted by atomic mass is 14.8. The lowest BCUT2D eigenvalue weighted by Gasteiger charge is -2.25. The van der Waals surface area contributed by atoms with Crippen LogP contribution in [0.1, 0.15) is 105 Å². The third-order valence-corrected chi connectivity index (χ3v) is 5.66. The SMILES string of the molecule is CC(C)(C)c1cc(N=C=Nc2cc(C(C)(C)C)cc(C(C)(C)C)c2)cc(C(C)(C)C)c1. The van der Waals surface area contributed by atoms with Crippen molar-refractivity contribution in [3.63, 3.8) is 0 Å². The first-order valence-corrected chi connectivity index (χ1v) is 11.4. The van der Waals surface area contributed by atoms with E-state index in [9.17, 15) is 0 Å². The van der Waals surface area contributed by atoms with Crippen LogP contribution in [0.25, 0.3) is 0 Å². The van der Waals surface area contributed by atoms with Gasteiger partial charge in [-0.3, -0.25) is 0 Å². The molecule has 0 aromatic heterocycles. The van der Waals surface area contributed by atoms with E-state index in [1.807, 2.05) is 0 Å².